The molecule has 1 unspecified atom stereocenters. The first-order valence-electron chi connectivity index (χ1n) is 6.74. The first kappa shape index (κ1) is 12.6. The molecule has 3 rings (SSSR count). The quantitative estimate of drug-likeness (QED) is 0.824. The second-order valence-corrected chi connectivity index (χ2v) is 5.24. The number of hydrogen-bond acceptors (Lipinski definition) is 5. The second kappa shape index (κ2) is 5.28. The summed E-state index contributed by atoms with van der Waals surface area (Å²) in [6.45, 7) is 5.06. The third-order valence-electron chi connectivity index (χ3n) is 3.77. The Kier molecular flexibility index (Phi) is 3.50. The fraction of sp³-hybridized carbons (Fsp3) is 0.500. The molecule has 2 aliphatic heterocycles. The minimum Gasteiger partial charge on any atom is -0.368 e. The largest absolute Gasteiger partial charge is 0.368 e. The predicted octanol–water partition coefficient (Wildman–Crippen LogP) is 0.749. The minimum absolute atomic E-state index is 0.736. The van der Waals surface area contributed by atoms with Gasteiger partial charge in [-0.25, -0.2) is 4.99 Å². The van der Waals surface area contributed by atoms with Crippen molar-refractivity contribution in [1.82, 2.24) is 9.80 Å². The smallest absolute Gasteiger partial charge is 0.175 e. The Morgan fingerprint density at radius 3 is 2.79 bits per heavy atom. The molecule has 2 N–H and O–H groups in total. The lowest BCUT2D eigenvalue weighted by Crippen LogP contribution is -2.47. The number of likely N-dealkylation sites (N-methyl/N-ethyl adjacent to an activating group) is 1. The van der Waals surface area contributed by atoms with Gasteiger partial charge in [-0.2, -0.15) is 0 Å². The third-order valence-corrected chi connectivity index (χ3v) is 3.77. The van der Waals surface area contributed by atoms with E-state index >= 15 is 0 Å². The van der Waals surface area contributed by atoms with Crippen molar-refractivity contribution in [3.05, 3.63) is 29.8 Å². The molecule has 2 heterocycles. The van der Waals surface area contributed by atoms with E-state index in [1.165, 1.54) is 0 Å². The normalized spacial score (nSPS) is 24.5. The van der Waals surface area contributed by atoms with E-state index in [1.807, 2.05) is 24.3 Å². The van der Waals surface area contributed by atoms with E-state index < -0.39 is 6.23 Å². The van der Waals surface area contributed by atoms with Crippen LogP contribution in [-0.4, -0.2) is 60.5 Å². The van der Waals surface area contributed by atoms with Crippen LogP contribution in [0.25, 0.3) is 0 Å². The Balaban J connectivity index is 1.67. The van der Waals surface area contributed by atoms with Crippen molar-refractivity contribution < 1.29 is 5.11 Å². The van der Waals surface area contributed by atoms with Crippen molar-refractivity contribution in [3.8, 4) is 0 Å². The number of piperazine rings is 1. The van der Waals surface area contributed by atoms with Crippen LogP contribution < -0.4 is 5.32 Å². The van der Waals surface area contributed by atoms with E-state index in [9.17, 15) is 5.11 Å². The second-order valence-electron chi connectivity index (χ2n) is 5.24. The van der Waals surface area contributed by atoms with Crippen LogP contribution in [0.2, 0.25) is 0 Å². The van der Waals surface area contributed by atoms with Crippen molar-refractivity contribution in [3.63, 3.8) is 0 Å². The summed E-state index contributed by atoms with van der Waals surface area (Å²) in [5.74, 6) is 0.857. The molecule has 0 amide bonds. The topological polar surface area (TPSA) is 51.1 Å². The highest BCUT2D eigenvalue weighted by molar-refractivity contribution is 5.99. The van der Waals surface area contributed by atoms with E-state index in [1.54, 1.807) is 0 Å². The lowest BCUT2D eigenvalue weighted by Gasteiger charge is -2.33. The summed E-state index contributed by atoms with van der Waals surface area (Å²) < 4.78 is 0. The Morgan fingerprint density at radius 1 is 1.26 bits per heavy atom. The van der Waals surface area contributed by atoms with Crippen LogP contribution in [-0.2, 0) is 0 Å². The van der Waals surface area contributed by atoms with Gasteiger partial charge >= 0.3 is 0 Å². The van der Waals surface area contributed by atoms with Gasteiger partial charge in [-0.05, 0) is 13.1 Å². The molecule has 5 heteroatoms. The van der Waals surface area contributed by atoms with Crippen LogP contribution >= 0.6 is 0 Å². The molecular formula is C14H20N4O. The Hall–Kier alpha value is -1.43. The Labute approximate surface area is 113 Å². The standard InChI is InChI=1S/C14H20N4O/c1-17-6-8-18(9-7-17)10-13-15-12-5-3-2-4-11(12)14(19)16-13/h2-5,14,19H,6-10H2,1H3,(H,15,16). The van der Waals surface area contributed by atoms with E-state index in [-0.39, 0.29) is 0 Å². The van der Waals surface area contributed by atoms with Crippen LogP contribution in [0.1, 0.15) is 11.8 Å². The molecule has 0 spiro atoms. The molecule has 1 aromatic carbocycles. The average Bonchev–Trinajstić information content (AvgIpc) is 2.42. The SMILES string of the molecule is CN1CCN(CC2=NC(O)c3ccccc3N2)CC1. The number of para-hydroxylation sites is 1. The number of aliphatic hydroxyl groups is 1. The molecule has 1 aromatic rings. The minimum atomic E-state index is -0.736. The van der Waals surface area contributed by atoms with Crippen molar-refractivity contribution >= 4 is 11.5 Å². The summed E-state index contributed by atoms with van der Waals surface area (Å²) in [6.07, 6.45) is -0.736. The summed E-state index contributed by atoms with van der Waals surface area (Å²) in [5.41, 5.74) is 1.82. The van der Waals surface area contributed by atoms with Gasteiger partial charge in [0.1, 0.15) is 5.84 Å². The molecule has 102 valence electrons. The van der Waals surface area contributed by atoms with Gasteiger partial charge in [0.05, 0.1) is 6.54 Å². The van der Waals surface area contributed by atoms with E-state index in [0.717, 1.165) is 49.8 Å². The fourth-order valence-electron chi connectivity index (χ4n) is 2.54. The summed E-state index contributed by atoms with van der Waals surface area (Å²) >= 11 is 0. The fourth-order valence-corrected chi connectivity index (χ4v) is 2.54. The zero-order valence-corrected chi connectivity index (χ0v) is 11.2. The molecule has 0 aromatic heterocycles. The molecule has 0 aliphatic carbocycles. The maximum atomic E-state index is 10.0. The molecule has 2 aliphatic rings. The molecule has 1 atom stereocenters. The first-order chi connectivity index (χ1) is 9.22. The van der Waals surface area contributed by atoms with Gasteiger partial charge in [0.2, 0.25) is 0 Å². The van der Waals surface area contributed by atoms with E-state index in [0.29, 0.717) is 0 Å². The first-order valence-corrected chi connectivity index (χ1v) is 6.74. The number of nitrogens with one attached hydrogen (secondary N) is 1. The van der Waals surface area contributed by atoms with E-state index in [2.05, 4.69) is 27.2 Å². The lowest BCUT2D eigenvalue weighted by atomic mass is 10.1. The number of fused-ring (bicyclic) bond motifs is 1. The molecule has 1 saturated heterocycles. The van der Waals surface area contributed by atoms with Crippen molar-refractivity contribution in [2.24, 2.45) is 4.99 Å². The van der Waals surface area contributed by atoms with Crippen LogP contribution in [0.4, 0.5) is 5.69 Å². The van der Waals surface area contributed by atoms with Crippen LogP contribution in [0, 0.1) is 0 Å². The molecule has 0 bridgehead atoms. The highest BCUT2D eigenvalue weighted by atomic mass is 16.3. The van der Waals surface area contributed by atoms with Gasteiger partial charge in [0.25, 0.3) is 0 Å². The van der Waals surface area contributed by atoms with Gasteiger partial charge in [-0.3, -0.25) is 4.90 Å². The molecule has 5 nitrogen and oxygen atoms in total. The van der Waals surface area contributed by atoms with Crippen LogP contribution in [0.15, 0.2) is 29.3 Å². The molecular weight excluding hydrogens is 240 g/mol. The van der Waals surface area contributed by atoms with Gasteiger partial charge in [0, 0.05) is 37.4 Å². The zero-order valence-electron chi connectivity index (χ0n) is 11.2. The summed E-state index contributed by atoms with van der Waals surface area (Å²) in [4.78, 5) is 9.04. The number of aliphatic imine (C=N–C) groups is 1. The highest BCUT2D eigenvalue weighted by Gasteiger charge is 2.21. The van der Waals surface area contributed by atoms with Gasteiger partial charge in [-0.15, -0.1) is 0 Å². The maximum absolute atomic E-state index is 10.0. The number of benzene rings is 1. The molecule has 0 radical (unpaired) electrons. The number of anilines is 1. The molecule has 0 saturated carbocycles. The number of aliphatic hydroxyl groups excluding tert-OH is 1. The summed E-state index contributed by atoms with van der Waals surface area (Å²) in [7, 11) is 2.15. The van der Waals surface area contributed by atoms with Crippen LogP contribution in [0.3, 0.4) is 0 Å². The van der Waals surface area contributed by atoms with Crippen molar-refractivity contribution in [1.29, 1.82) is 0 Å². The van der Waals surface area contributed by atoms with E-state index in [4.69, 9.17) is 0 Å². The number of rotatable bonds is 2. The molecule has 19 heavy (non-hydrogen) atoms. The Bertz CT molecular complexity index is 480. The maximum Gasteiger partial charge on any atom is 0.175 e. The highest BCUT2D eigenvalue weighted by Crippen LogP contribution is 2.27. The average molecular weight is 260 g/mol. The third kappa shape index (κ3) is 2.78. The number of hydrogen-bond donors (Lipinski definition) is 2. The van der Waals surface area contributed by atoms with Gasteiger partial charge in [-0.1, -0.05) is 18.2 Å². The summed E-state index contributed by atoms with van der Waals surface area (Å²) in [6, 6.07) is 7.78. The van der Waals surface area contributed by atoms with Gasteiger partial charge in [0.15, 0.2) is 6.23 Å². The lowest BCUT2D eigenvalue weighted by molar-refractivity contribution is 0.166. The zero-order chi connectivity index (χ0) is 13.2. The number of amidine groups is 1. The predicted molar refractivity (Wildman–Crippen MR) is 76.4 cm³/mol. The summed E-state index contributed by atoms with van der Waals surface area (Å²) in [5, 5.41) is 13.4. The van der Waals surface area contributed by atoms with Crippen LogP contribution in [0.5, 0.6) is 0 Å². The number of nitrogens with zero attached hydrogens (tertiary/aromatic N) is 3. The monoisotopic (exact) mass is 260 g/mol. The van der Waals surface area contributed by atoms with Crippen molar-refractivity contribution in [2.75, 3.05) is 45.1 Å². The molecule has 1 fully saturated rings. The van der Waals surface area contributed by atoms with Gasteiger partial charge < -0.3 is 15.3 Å². The van der Waals surface area contributed by atoms with Crippen molar-refractivity contribution in [2.45, 2.75) is 6.23 Å². The Morgan fingerprint density at radius 2 is 2.00 bits per heavy atom.